The zero-order valence-electron chi connectivity index (χ0n) is 13.8. The summed E-state index contributed by atoms with van der Waals surface area (Å²) >= 11 is 0. The minimum Gasteiger partial charge on any atom is -0.369 e. The van der Waals surface area contributed by atoms with Crippen molar-refractivity contribution in [2.24, 2.45) is 11.8 Å². The van der Waals surface area contributed by atoms with Crippen molar-refractivity contribution in [2.45, 2.75) is 37.6 Å². The number of amides is 1. The van der Waals surface area contributed by atoms with Crippen molar-refractivity contribution in [2.75, 3.05) is 24.5 Å². The lowest BCUT2D eigenvalue weighted by Crippen LogP contribution is -2.41. The van der Waals surface area contributed by atoms with Crippen LogP contribution in [0.3, 0.4) is 0 Å². The van der Waals surface area contributed by atoms with Gasteiger partial charge in [-0.2, -0.15) is 13.2 Å². The van der Waals surface area contributed by atoms with Crippen LogP contribution in [0.2, 0.25) is 0 Å². The van der Waals surface area contributed by atoms with Crippen LogP contribution in [0.4, 0.5) is 19.0 Å². The van der Waals surface area contributed by atoms with Gasteiger partial charge >= 0.3 is 6.18 Å². The highest BCUT2D eigenvalue weighted by Gasteiger charge is 2.63. The van der Waals surface area contributed by atoms with E-state index in [0.29, 0.717) is 25.5 Å². The number of pyridine rings is 1. The summed E-state index contributed by atoms with van der Waals surface area (Å²) < 4.78 is 45.1. The van der Waals surface area contributed by atoms with Crippen LogP contribution in [-0.2, 0) is 15.7 Å². The number of nitrogens with one attached hydrogen (secondary N) is 1. The van der Waals surface area contributed by atoms with E-state index in [4.69, 9.17) is 4.74 Å². The predicted octanol–water partition coefficient (Wildman–Crippen LogP) is 2.22. The van der Waals surface area contributed by atoms with Crippen LogP contribution in [-0.4, -0.2) is 42.2 Å². The first-order valence-electron chi connectivity index (χ1n) is 8.49. The molecule has 4 heterocycles. The first-order chi connectivity index (χ1) is 11.8. The number of carbonyl (C=O) groups is 1. The molecule has 3 fully saturated rings. The van der Waals surface area contributed by atoms with E-state index in [1.807, 2.05) is 4.90 Å². The highest BCUT2D eigenvalue weighted by molar-refractivity contribution is 5.72. The predicted molar refractivity (Wildman–Crippen MR) is 84.0 cm³/mol. The third kappa shape index (κ3) is 2.76. The fourth-order valence-electron chi connectivity index (χ4n) is 4.67. The van der Waals surface area contributed by atoms with Gasteiger partial charge in [0, 0.05) is 44.6 Å². The Kier molecular flexibility index (Phi) is 3.72. The maximum absolute atomic E-state index is 13.0. The fraction of sp³-hybridized carbons (Fsp3) is 0.647. The van der Waals surface area contributed by atoms with Gasteiger partial charge in [0.1, 0.15) is 5.82 Å². The van der Waals surface area contributed by atoms with Crippen LogP contribution in [0, 0.1) is 11.8 Å². The molecule has 1 aromatic rings. The van der Waals surface area contributed by atoms with Crippen LogP contribution >= 0.6 is 0 Å². The van der Waals surface area contributed by atoms with Gasteiger partial charge < -0.3 is 15.0 Å². The summed E-state index contributed by atoms with van der Waals surface area (Å²) in [4.78, 5) is 17.3. The molecule has 4 rings (SSSR count). The zero-order chi connectivity index (χ0) is 17.8. The van der Waals surface area contributed by atoms with Crippen molar-refractivity contribution in [1.29, 1.82) is 0 Å². The number of hydrogen-bond acceptors (Lipinski definition) is 4. The SMILES string of the molecule is CC(=O)NC[C@H]1[C@H]2CN(c3cc(C(F)(F)F)ccn3)C[C@]23CC[C@H]1O3. The molecule has 3 aliphatic heterocycles. The molecule has 136 valence electrons. The van der Waals surface area contributed by atoms with Crippen molar-refractivity contribution in [3.8, 4) is 0 Å². The molecule has 1 amide bonds. The average Bonchev–Trinajstić information content (AvgIpc) is 3.20. The van der Waals surface area contributed by atoms with Crippen LogP contribution < -0.4 is 10.2 Å². The highest BCUT2D eigenvalue weighted by Crippen LogP contribution is 2.55. The van der Waals surface area contributed by atoms with Crippen LogP contribution in [0.5, 0.6) is 0 Å². The van der Waals surface area contributed by atoms with Gasteiger partial charge in [0.15, 0.2) is 0 Å². The van der Waals surface area contributed by atoms with Gasteiger partial charge in [0.2, 0.25) is 5.91 Å². The summed E-state index contributed by atoms with van der Waals surface area (Å²) in [6, 6.07) is 2.09. The molecule has 5 nitrogen and oxygen atoms in total. The number of aromatic nitrogens is 1. The summed E-state index contributed by atoms with van der Waals surface area (Å²) in [5.41, 5.74) is -1.00. The third-order valence-corrected chi connectivity index (χ3v) is 5.77. The number of hydrogen-bond donors (Lipinski definition) is 1. The Morgan fingerprint density at radius 2 is 2.32 bits per heavy atom. The van der Waals surface area contributed by atoms with Crippen molar-refractivity contribution < 1.29 is 22.7 Å². The number of nitrogens with zero attached hydrogens (tertiary/aromatic N) is 2. The fourth-order valence-corrected chi connectivity index (χ4v) is 4.67. The van der Waals surface area contributed by atoms with E-state index in [1.165, 1.54) is 13.1 Å². The minimum atomic E-state index is -4.38. The third-order valence-electron chi connectivity index (χ3n) is 5.77. The highest BCUT2D eigenvalue weighted by atomic mass is 19.4. The molecule has 0 aromatic carbocycles. The van der Waals surface area contributed by atoms with E-state index < -0.39 is 11.7 Å². The average molecular weight is 355 g/mol. The largest absolute Gasteiger partial charge is 0.416 e. The Morgan fingerprint density at radius 1 is 1.52 bits per heavy atom. The Morgan fingerprint density at radius 3 is 3.04 bits per heavy atom. The molecule has 25 heavy (non-hydrogen) atoms. The topological polar surface area (TPSA) is 54.5 Å². The quantitative estimate of drug-likeness (QED) is 0.903. The minimum absolute atomic E-state index is 0.0776. The summed E-state index contributed by atoms with van der Waals surface area (Å²) in [5, 5.41) is 2.86. The molecule has 0 aliphatic carbocycles. The number of anilines is 1. The molecule has 4 atom stereocenters. The van der Waals surface area contributed by atoms with Gasteiger partial charge in [-0.3, -0.25) is 4.79 Å². The molecule has 8 heteroatoms. The molecule has 1 spiro atoms. The smallest absolute Gasteiger partial charge is 0.369 e. The van der Waals surface area contributed by atoms with Gasteiger partial charge in [-0.1, -0.05) is 0 Å². The number of halogens is 3. The van der Waals surface area contributed by atoms with Crippen LogP contribution in [0.15, 0.2) is 18.3 Å². The second kappa shape index (κ2) is 5.59. The van der Waals surface area contributed by atoms with E-state index in [9.17, 15) is 18.0 Å². The molecular weight excluding hydrogens is 335 g/mol. The first-order valence-corrected chi connectivity index (χ1v) is 8.49. The molecule has 3 aliphatic rings. The van der Waals surface area contributed by atoms with Gasteiger partial charge in [0.05, 0.1) is 17.3 Å². The number of ether oxygens (including phenoxy) is 1. The van der Waals surface area contributed by atoms with Crippen molar-refractivity contribution in [1.82, 2.24) is 10.3 Å². The number of rotatable bonds is 3. The van der Waals surface area contributed by atoms with Gasteiger partial charge in [-0.15, -0.1) is 0 Å². The number of alkyl halides is 3. The van der Waals surface area contributed by atoms with Crippen LogP contribution in [0.1, 0.15) is 25.3 Å². The van der Waals surface area contributed by atoms with E-state index in [1.54, 1.807) is 0 Å². The molecule has 0 unspecified atom stereocenters. The van der Waals surface area contributed by atoms with Crippen LogP contribution in [0.25, 0.3) is 0 Å². The molecular formula is C17H20F3N3O2. The Labute approximate surface area is 143 Å². The van der Waals surface area contributed by atoms with Gasteiger partial charge in [-0.05, 0) is 25.0 Å². The second-order valence-corrected chi connectivity index (χ2v) is 7.25. The molecule has 1 aromatic heterocycles. The zero-order valence-corrected chi connectivity index (χ0v) is 13.8. The van der Waals surface area contributed by atoms with E-state index in [2.05, 4.69) is 10.3 Å². The van der Waals surface area contributed by atoms with E-state index in [-0.39, 0.29) is 29.4 Å². The maximum Gasteiger partial charge on any atom is 0.416 e. The van der Waals surface area contributed by atoms with Crippen molar-refractivity contribution in [3.63, 3.8) is 0 Å². The van der Waals surface area contributed by atoms with E-state index >= 15 is 0 Å². The summed E-state index contributed by atoms with van der Waals surface area (Å²) in [5.74, 6) is 0.665. The summed E-state index contributed by atoms with van der Waals surface area (Å²) in [6.45, 7) is 3.20. The second-order valence-electron chi connectivity index (χ2n) is 7.25. The van der Waals surface area contributed by atoms with Gasteiger partial charge in [0.25, 0.3) is 0 Å². The van der Waals surface area contributed by atoms with E-state index in [0.717, 1.165) is 25.0 Å². The molecule has 2 bridgehead atoms. The Balaban J connectivity index is 1.55. The first kappa shape index (κ1) is 16.6. The maximum atomic E-state index is 13.0. The van der Waals surface area contributed by atoms with Crippen molar-refractivity contribution >= 4 is 11.7 Å². The standard InChI is InChI=1S/C17H20F3N3O2/c1-10(24)22-7-12-13-8-23(9-16(13)4-2-14(12)25-16)15-6-11(3-5-21-15)17(18,19)20/h3,5-6,12-14H,2,4,7-9H2,1H3,(H,22,24)/t12-,13+,14+,16+/m0/s1. The number of carbonyl (C=O) groups excluding carboxylic acids is 1. The molecule has 0 radical (unpaired) electrons. The Hall–Kier alpha value is -1.83. The molecule has 0 saturated carbocycles. The lowest BCUT2D eigenvalue weighted by atomic mass is 9.73. The summed E-state index contributed by atoms with van der Waals surface area (Å²) in [6.07, 6.45) is -1.20. The summed E-state index contributed by atoms with van der Waals surface area (Å²) in [7, 11) is 0. The molecule has 1 N–H and O–H groups in total. The number of fused-ring (bicyclic) bond motifs is 1. The monoisotopic (exact) mass is 355 g/mol. The molecule has 3 saturated heterocycles. The lowest BCUT2D eigenvalue weighted by Gasteiger charge is -2.29. The lowest BCUT2D eigenvalue weighted by molar-refractivity contribution is -0.137. The van der Waals surface area contributed by atoms with Crippen molar-refractivity contribution in [3.05, 3.63) is 23.9 Å². The Bertz CT molecular complexity index is 696. The van der Waals surface area contributed by atoms with Gasteiger partial charge in [-0.25, -0.2) is 4.98 Å². The normalized spacial score (nSPS) is 33.6.